The lowest BCUT2D eigenvalue weighted by molar-refractivity contribution is 0.0239. The average Bonchev–Trinajstić information content (AvgIpc) is 2.27. The van der Waals surface area contributed by atoms with E-state index in [2.05, 4.69) is 13.8 Å². The molecule has 0 saturated carbocycles. The number of aliphatic hydroxyl groups excluding tert-OH is 2. The molecule has 0 aliphatic carbocycles. The molecule has 2 atom stereocenters. The maximum Gasteiger partial charge on any atom is 0.106 e. The van der Waals surface area contributed by atoms with Crippen molar-refractivity contribution in [3.05, 3.63) is 34.9 Å². The zero-order valence-corrected chi connectivity index (χ0v) is 10.1. The Bertz CT molecular complexity index is 350. The van der Waals surface area contributed by atoms with Gasteiger partial charge in [-0.15, -0.1) is 0 Å². The summed E-state index contributed by atoms with van der Waals surface area (Å²) in [6.45, 7) is 6.18. The summed E-state index contributed by atoms with van der Waals surface area (Å²) in [6.07, 6.45) is -1.80. The molecule has 3 nitrogen and oxygen atoms in total. The van der Waals surface area contributed by atoms with E-state index in [-0.39, 0.29) is 6.54 Å². The molecule has 0 aromatic heterocycles. The van der Waals surface area contributed by atoms with Gasteiger partial charge in [-0.05, 0) is 29.5 Å². The Kier molecular flexibility index (Phi) is 4.47. The van der Waals surface area contributed by atoms with Crippen molar-refractivity contribution in [2.24, 2.45) is 5.73 Å². The molecule has 3 heteroatoms. The predicted octanol–water partition coefficient (Wildman–Crippen LogP) is 1.47. The zero-order valence-electron chi connectivity index (χ0n) is 10.1. The normalized spacial score (nSPS) is 15.2. The van der Waals surface area contributed by atoms with E-state index in [9.17, 15) is 10.2 Å². The molecule has 0 bridgehead atoms. The van der Waals surface area contributed by atoms with Crippen molar-refractivity contribution in [1.29, 1.82) is 0 Å². The minimum absolute atomic E-state index is 0.0620. The lowest BCUT2D eigenvalue weighted by Crippen LogP contribution is -2.27. The Morgan fingerprint density at radius 2 is 1.88 bits per heavy atom. The summed E-state index contributed by atoms with van der Waals surface area (Å²) in [5, 5.41) is 19.5. The van der Waals surface area contributed by atoms with Crippen LogP contribution in [0.3, 0.4) is 0 Å². The molecule has 0 heterocycles. The highest BCUT2D eigenvalue weighted by atomic mass is 16.3. The minimum atomic E-state index is -0.902. The van der Waals surface area contributed by atoms with Gasteiger partial charge in [0.15, 0.2) is 0 Å². The van der Waals surface area contributed by atoms with Crippen molar-refractivity contribution in [3.63, 3.8) is 0 Å². The van der Waals surface area contributed by atoms with E-state index < -0.39 is 12.2 Å². The lowest BCUT2D eigenvalue weighted by Gasteiger charge is -2.20. The highest BCUT2D eigenvalue weighted by Gasteiger charge is 2.19. The van der Waals surface area contributed by atoms with Gasteiger partial charge in [0.05, 0.1) is 6.10 Å². The fraction of sp³-hybridized carbons (Fsp3) is 0.538. The van der Waals surface area contributed by atoms with Gasteiger partial charge in [-0.25, -0.2) is 0 Å². The number of hydrogen-bond donors (Lipinski definition) is 3. The number of aliphatic hydroxyl groups is 2. The van der Waals surface area contributed by atoms with Crippen LogP contribution in [-0.2, 0) is 0 Å². The molecule has 0 fully saturated rings. The molecule has 0 aliphatic rings. The minimum Gasteiger partial charge on any atom is -0.389 e. The van der Waals surface area contributed by atoms with Crippen molar-refractivity contribution < 1.29 is 10.2 Å². The Morgan fingerprint density at radius 1 is 1.25 bits per heavy atom. The third-order valence-corrected chi connectivity index (χ3v) is 2.89. The largest absolute Gasteiger partial charge is 0.389 e. The summed E-state index contributed by atoms with van der Waals surface area (Å²) in [4.78, 5) is 0. The highest BCUT2D eigenvalue weighted by molar-refractivity contribution is 5.34. The zero-order chi connectivity index (χ0) is 12.3. The lowest BCUT2D eigenvalue weighted by atomic mass is 9.93. The van der Waals surface area contributed by atoms with Crippen LogP contribution in [0.2, 0.25) is 0 Å². The Labute approximate surface area is 96.9 Å². The van der Waals surface area contributed by atoms with E-state index in [0.29, 0.717) is 5.92 Å². The molecule has 4 N–H and O–H groups in total. The predicted molar refractivity (Wildman–Crippen MR) is 65.3 cm³/mol. The highest BCUT2D eigenvalue weighted by Crippen LogP contribution is 2.25. The first-order valence-corrected chi connectivity index (χ1v) is 5.64. The Balaban J connectivity index is 3.06. The SMILES string of the molecule is Cc1ccc(C(C)C)cc1C(O)C(O)CN. The van der Waals surface area contributed by atoms with Crippen LogP contribution in [0.4, 0.5) is 0 Å². The summed E-state index contributed by atoms with van der Waals surface area (Å²) < 4.78 is 0. The van der Waals surface area contributed by atoms with Crippen molar-refractivity contribution in [2.75, 3.05) is 6.54 Å². The standard InChI is InChI=1S/C13H21NO2/c1-8(2)10-5-4-9(3)11(6-10)13(16)12(15)7-14/h4-6,8,12-13,15-16H,7,14H2,1-3H3. The van der Waals surface area contributed by atoms with Gasteiger partial charge in [0.1, 0.15) is 6.10 Å². The summed E-state index contributed by atoms with van der Waals surface area (Å²) in [5.41, 5.74) is 8.25. The van der Waals surface area contributed by atoms with Crippen LogP contribution < -0.4 is 5.73 Å². The molecule has 0 aliphatic heterocycles. The molecule has 0 amide bonds. The summed E-state index contributed by atoms with van der Waals surface area (Å²) in [6, 6.07) is 5.96. The number of benzene rings is 1. The second-order valence-corrected chi connectivity index (χ2v) is 4.52. The molecule has 0 radical (unpaired) electrons. The Hall–Kier alpha value is -0.900. The van der Waals surface area contributed by atoms with Crippen molar-refractivity contribution in [1.82, 2.24) is 0 Å². The third-order valence-electron chi connectivity index (χ3n) is 2.89. The third kappa shape index (κ3) is 2.82. The van der Waals surface area contributed by atoms with Crippen molar-refractivity contribution in [2.45, 2.75) is 38.9 Å². The molecule has 90 valence electrons. The van der Waals surface area contributed by atoms with E-state index in [0.717, 1.165) is 16.7 Å². The molecule has 16 heavy (non-hydrogen) atoms. The first-order valence-electron chi connectivity index (χ1n) is 5.64. The van der Waals surface area contributed by atoms with Crippen LogP contribution >= 0.6 is 0 Å². The van der Waals surface area contributed by atoms with Crippen LogP contribution in [0, 0.1) is 6.92 Å². The number of hydrogen-bond acceptors (Lipinski definition) is 3. The van der Waals surface area contributed by atoms with Gasteiger partial charge in [-0.2, -0.15) is 0 Å². The van der Waals surface area contributed by atoms with Gasteiger partial charge in [0.25, 0.3) is 0 Å². The first kappa shape index (κ1) is 13.2. The van der Waals surface area contributed by atoms with Gasteiger partial charge in [-0.3, -0.25) is 0 Å². The van der Waals surface area contributed by atoms with Gasteiger partial charge in [0, 0.05) is 6.54 Å². The van der Waals surface area contributed by atoms with Gasteiger partial charge < -0.3 is 15.9 Å². The molecule has 1 rings (SSSR count). The van der Waals surface area contributed by atoms with Crippen LogP contribution in [0.1, 0.15) is 42.6 Å². The quantitative estimate of drug-likeness (QED) is 0.724. The second kappa shape index (κ2) is 5.43. The van der Waals surface area contributed by atoms with E-state index >= 15 is 0 Å². The number of aryl methyl sites for hydroxylation is 1. The fourth-order valence-corrected chi connectivity index (χ4v) is 1.67. The van der Waals surface area contributed by atoms with E-state index in [1.807, 2.05) is 25.1 Å². The van der Waals surface area contributed by atoms with E-state index in [1.54, 1.807) is 0 Å². The molecule has 1 aromatic rings. The smallest absolute Gasteiger partial charge is 0.106 e. The Morgan fingerprint density at radius 3 is 2.38 bits per heavy atom. The van der Waals surface area contributed by atoms with Crippen LogP contribution in [0.15, 0.2) is 18.2 Å². The van der Waals surface area contributed by atoms with Crippen LogP contribution in [0.25, 0.3) is 0 Å². The molecule has 2 unspecified atom stereocenters. The molecular weight excluding hydrogens is 202 g/mol. The molecule has 0 spiro atoms. The van der Waals surface area contributed by atoms with Gasteiger partial charge in [0.2, 0.25) is 0 Å². The molecule has 0 saturated heterocycles. The topological polar surface area (TPSA) is 66.5 Å². The van der Waals surface area contributed by atoms with Crippen LogP contribution in [0.5, 0.6) is 0 Å². The maximum absolute atomic E-state index is 9.95. The summed E-state index contributed by atoms with van der Waals surface area (Å²) in [5.74, 6) is 0.404. The summed E-state index contributed by atoms with van der Waals surface area (Å²) in [7, 11) is 0. The fourth-order valence-electron chi connectivity index (χ4n) is 1.67. The first-order chi connectivity index (χ1) is 7.47. The molecule has 1 aromatic carbocycles. The van der Waals surface area contributed by atoms with Gasteiger partial charge in [-0.1, -0.05) is 32.0 Å². The van der Waals surface area contributed by atoms with E-state index in [4.69, 9.17) is 5.73 Å². The number of rotatable bonds is 4. The van der Waals surface area contributed by atoms with E-state index in [1.165, 1.54) is 0 Å². The van der Waals surface area contributed by atoms with Gasteiger partial charge >= 0.3 is 0 Å². The number of nitrogens with two attached hydrogens (primary N) is 1. The monoisotopic (exact) mass is 223 g/mol. The van der Waals surface area contributed by atoms with Crippen molar-refractivity contribution >= 4 is 0 Å². The van der Waals surface area contributed by atoms with Crippen molar-refractivity contribution in [3.8, 4) is 0 Å². The second-order valence-electron chi connectivity index (χ2n) is 4.52. The summed E-state index contributed by atoms with van der Waals surface area (Å²) >= 11 is 0. The molecular formula is C13H21NO2. The maximum atomic E-state index is 9.95. The van der Waals surface area contributed by atoms with Crippen LogP contribution in [-0.4, -0.2) is 22.9 Å². The average molecular weight is 223 g/mol.